The molecule has 3 rings (SSSR count). The van der Waals surface area contributed by atoms with Crippen LogP contribution >= 0.6 is 0 Å². The first-order valence-corrected chi connectivity index (χ1v) is 6.70. The zero-order valence-corrected chi connectivity index (χ0v) is 11.0. The van der Waals surface area contributed by atoms with Crippen LogP contribution in [0.15, 0.2) is 43.0 Å². The minimum atomic E-state index is 0.0683. The summed E-state index contributed by atoms with van der Waals surface area (Å²) in [5, 5.41) is 6.17. The van der Waals surface area contributed by atoms with Crippen molar-refractivity contribution in [2.75, 3.05) is 18.4 Å². The molecule has 2 heterocycles. The quantitative estimate of drug-likeness (QED) is 0.889. The van der Waals surface area contributed by atoms with Gasteiger partial charge < -0.3 is 10.6 Å². The van der Waals surface area contributed by atoms with E-state index in [0.717, 1.165) is 36.3 Å². The van der Waals surface area contributed by atoms with E-state index in [1.807, 2.05) is 24.3 Å². The molecule has 1 aliphatic heterocycles. The van der Waals surface area contributed by atoms with Gasteiger partial charge in [0.05, 0.1) is 5.92 Å². The summed E-state index contributed by atoms with van der Waals surface area (Å²) in [5.41, 5.74) is 2.74. The van der Waals surface area contributed by atoms with Crippen LogP contribution in [-0.2, 0) is 4.79 Å². The summed E-state index contributed by atoms with van der Waals surface area (Å²) in [6, 6.07) is 7.74. The van der Waals surface area contributed by atoms with Gasteiger partial charge in [-0.25, -0.2) is 9.97 Å². The molecular formula is C15H16N4O. The standard InChI is InChI=1S/C15H16N4O/c20-15(12-4-5-16-7-12)19-14-3-1-2-11(6-14)13-8-17-10-18-9-13/h1-3,6,8-10,12,16H,4-5,7H2,(H,19,20). The first-order chi connectivity index (χ1) is 9.83. The predicted molar refractivity (Wildman–Crippen MR) is 77.1 cm³/mol. The molecule has 102 valence electrons. The summed E-state index contributed by atoms with van der Waals surface area (Å²) >= 11 is 0. The Kier molecular flexibility index (Phi) is 3.69. The molecule has 1 saturated heterocycles. The lowest BCUT2D eigenvalue weighted by atomic mass is 10.1. The van der Waals surface area contributed by atoms with Crippen LogP contribution in [0.4, 0.5) is 5.69 Å². The van der Waals surface area contributed by atoms with E-state index in [1.54, 1.807) is 12.4 Å². The maximum Gasteiger partial charge on any atom is 0.228 e. The van der Waals surface area contributed by atoms with Crippen molar-refractivity contribution in [3.8, 4) is 11.1 Å². The summed E-state index contributed by atoms with van der Waals surface area (Å²) in [6.45, 7) is 1.68. The SMILES string of the molecule is O=C(Nc1cccc(-c2cncnc2)c1)C1CCNC1. The lowest BCUT2D eigenvalue weighted by Gasteiger charge is -2.11. The van der Waals surface area contributed by atoms with Crippen molar-refractivity contribution in [1.29, 1.82) is 0 Å². The Labute approximate surface area is 117 Å². The third-order valence-electron chi connectivity index (χ3n) is 3.46. The molecule has 0 aliphatic carbocycles. The molecular weight excluding hydrogens is 252 g/mol. The normalized spacial score (nSPS) is 17.9. The summed E-state index contributed by atoms with van der Waals surface area (Å²) in [6.07, 6.45) is 5.92. The average Bonchev–Trinajstić information content (AvgIpc) is 3.03. The van der Waals surface area contributed by atoms with Crippen LogP contribution < -0.4 is 10.6 Å². The van der Waals surface area contributed by atoms with Gasteiger partial charge in [-0.15, -0.1) is 0 Å². The largest absolute Gasteiger partial charge is 0.326 e. The number of carbonyl (C=O) groups excluding carboxylic acids is 1. The fraction of sp³-hybridized carbons (Fsp3) is 0.267. The second-order valence-electron chi connectivity index (χ2n) is 4.89. The lowest BCUT2D eigenvalue weighted by Crippen LogP contribution is -2.24. The number of carbonyl (C=O) groups is 1. The van der Waals surface area contributed by atoms with Gasteiger partial charge in [-0.1, -0.05) is 12.1 Å². The number of nitrogens with zero attached hydrogens (tertiary/aromatic N) is 2. The second kappa shape index (κ2) is 5.79. The van der Waals surface area contributed by atoms with Crippen LogP contribution in [0.1, 0.15) is 6.42 Å². The first-order valence-electron chi connectivity index (χ1n) is 6.70. The van der Waals surface area contributed by atoms with Crippen molar-refractivity contribution < 1.29 is 4.79 Å². The lowest BCUT2D eigenvalue weighted by molar-refractivity contribution is -0.119. The Morgan fingerprint density at radius 1 is 1.25 bits per heavy atom. The van der Waals surface area contributed by atoms with E-state index < -0.39 is 0 Å². The molecule has 1 amide bonds. The number of hydrogen-bond acceptors (Lipinski definition) is 4. The molecule has 0 radical (unpaired) electrons. The Morgan fingerprint density at radius 2 is 2.10 bits per heavy atom. The number of hydrogen-bond donors (Lipinski definition) is 2. The van der Waals surface area contributed by atoms with Crippen LogP contribution in [-0.4, -0.2) is 29.0 Å². The van der Waals surface area contributed by atoms with Gasteiger partial charge in [-0.3, -0.25) is 4.79 Å². The van der Waals surface area contributed by atoms with Gasteiger partial charge in [0.2, 0.25) is 5.91 Å². The van der Waals surface area contributed by atoms with Gasteiger partial charge in [0.15, 0.2) is 0 Å². The van der Waals surface area contributed by atoms with Gasteiger partial charge >= 0.3 is 0 Å². The molecule has 5 heteroatoms. The van der Waals surface area contributed by atoms with Crippen molar-refractivity contribution >= 4 is 11.6 Å². The molecule has 20 heavy (non-hydrogen) atoms. The van der Waals surface area contributed by atoms with Crippen molar-refractivity contribution in [2.24, 2.45) is 5.92 Å². The molecule has 1 aliphatic rings. The summed E-state index contributed by atoms with van der Waals surface area (Å²) in [4.78, 5) is 20.1. The third-order valence-corrected chi connectivity index (χ3v) is 3.46. The fourth-order valence-corrected chi connectivity index (χ4v) is 2.35. The maximum atomic E-state index is 12.1. The topological polar surface area (TPSA) is 66.9 Å². The number of amides is 1. The van der Waals surface area contributed by atoms with Crippen molar-refractivity contribution in [2.45, 2.75) is 6.42 Å². The number of nitrogens with one attached hydrogen (secondary N) is 2. The molecule has 1 aromatic carbocycles. The molecule has 5 nitrogen and oxygen atoms in total. The van der Waals surface area contributed by atoms with Gasteiger partial charge in [0, 0.05) is 30.2 Å². The Morgan fingerprint density at radius 3 is 2.85 bits per heavy atom. The minimum absolute atomic E-state index is 0.0683. The zero-order chi connectivity index (χ0) is 13.8. The zero-order valence-electron chi connectivity index (χ0n) is 11.0. The van der Waals surface area contributed by atoms with Gasteiger partial charge in [-0.2, -0.15) is 0 Å². The molecule has 1 atom stereocenters. The molecule has 0 spiro atoms. The van der Waals surface area contributed by atoms with Crippen molar-refractivity contribution in [3.05, 3.63) is 43.0 Å². The van der Waals surface area contributed by atoms with Crippen LogP contribution in [0.25, 0.3) is 11.1 Å². The van der Waals surface area contributed by atoms with E-state index in [9.17, 15) is 4.79 Å². The smallest absolute Gasteiger partial charge is 0.228 e. The first kappa shape index (κ1) is 12.7. The van der Waals surface area contributed by atoms with Crippen LogP contribution in [0, 0.1) is 5.92 Å². The Hall–Kier alpha value is -2.27. The Balaban J connectivity index is 1.76. The van der Waals surface area contributed by atoms with E-state index in [0.29, 0.717) is 0 Å². The summed E-state index contributed by atoms with van der Waals surface area (Å²) in [5.74, 6) is 0.148. The highest BCUT2D eigenvalue weighted by atomic mass is 16.1. The van der Waals surface area contributed by atoms with E-state index in [-0.39, 0.29) is 11.8 Å². The molecule has 2 aromatic rings. The van der Waals surface area contributed by atoms with Crippen LogP contribution in [0.5, 0.6) is 0 Å². The molecule has 1 aromatic heterocycles. The number of anilines is 1. The van der Waals surface area contributed by atoms with E-state index >= 15 is 0 Å². The predicted octanol–water partition coefficient (Wildman–Crippen LogP) is 1.69. The van der Waals surface area contributed by atoms with Crippen molar-refractivity contribution in [3.63, 3.8) is 0 Å². The van der Waals surface area contributed by atoms with E-state index in [4.69, 9.17) is 0 Å². The monoisotopic (exact) mass is 268 g/mol. The fourth-order valence-electron chi connectivity index (χ4n) is 2.35. The maximum absolute atomic E-state index is 12.1. The highest BCUT2D eigenvalue weighted by Crippen LogP contribution is 2.22. The second-order valence-corrected chi connectivity index (χ2v) is 4.89. The summed E-state index contributed by atoms with van der Waals surface area (Å²) in [7, 11) is 0. The highest BCUT2D eigenvalue weighted by molar-refractivity contribution is 5.93. The van der Waals surface area contributed by atoms with Crippen LogP contribution in [0.3, 0.4) is 0 Å². The number of benzene rings is 1. The van der Waals surface area contributed by atoms with Gasteiger partial charge in [-0.05, 0) is 30.7 Å². The Bertz CT molecular complexity index is 594. The molecule has 0 bridgehead atoms. The van der Waals surface area contributed by atoms with E-state index in [2.05, 4.69) is 20.6 Å². The molecule has 2 N–H and O–H groups in total. The third kappa shape index (κ3) is 2.83. The molecule has 1 fully saturated rings. The van der Waals surface area contributed by atoms with Crippen LogP contribution in [0.2, 0.25) is 0 Å². The van der Waals surface area contributed by atoms with Gasteiger partial charge in [0.25, 0.3) is 0 Å². The minimum Gasteiger partial charge on any atom is -0.326 e. The van der Waals surface area contributed by atoms with E-state index in [1.165, 1.54) is 6.33 Å². The average molecular weight is 268 g/mol. The number of rotatable bonds is 3. The highest BCUT2D eigenvalue weighted by Gasteiger charge is 2.22. The summed E-state index contributed by atoms with van der Waals surface area (Å²) < 4.78 is 0. The molecule has 1 unspecified atom stereocenters. The van der Waals surface area contributed by atoms with Gasteiger partial charge in [0.1, 0.15) is 6.33 Å². The number of aromatic nitrogens is 2. The van der Waals surface area contributed by atoms with Crippen molar-refractivity contribution in [1.82, 2.24) is 15.3 Å². The molecule has 0 saturated carbocycles.